The summed E-state index contributed by atoms with van der Waals surface area (Å²) in [5.74, 6) is 0. The second kappa shape index (κ2) is 6.40. The molecule has 2 N–H and O–H groups in total. The Labute approximate surface area is 104 Å². The molecule has 0 radical (unpaired) electrons. The van der Waals surface area contributed by atoms with E-state index in [1.807, 2.05) is 0 Å². The monoisotopic (exact) mass is 244 g/mol. The minimum atomic E-state index is 0.456. The molecule has 0 aromatic rings. The van der Waals surface area contributed by atoms with Crippen LogP contribution in [0.2, 0.25) is 0 Å². The van der Waals surface area contributed by atoms with E-state index in [4.69, 9.17) is 17.0 Å². The largest absolute Gasteiger partial charge is 0.383 e. The molecule has 1 fully saturated rings. The highest BCUT2D eigenvalue weighted by Gasteiger charge is 2.27. The van der Waals surface area contributed by atoms with E-state index in [0.29, 0.717) is 18.1 Å². The Hall–Kier alpha value is -0.350. The summed E-state index contributed by atoms with van der Waals surface area (Å²) in [6, 6.07) is 0.534. The van der Waals surface area contributed by atoms with Crippen molar-refractivity contribution >= 4 is 17.3 Å². The van der Waals surface area contributed by atoms with E-state index in [0.717, 1.165) is 11.7 Å². The number of rotatable bonds is 4. The average Bonchev–Trinajstić information content (AvgIpc) is 2.16. The van der Waals surface area contributed by atoms with Crippen LogP contribution in [-0.4, -0.2) is 31.4 Å². The van der Waals surface area contributed by atoms with Crippen molar-refractivity contribution in [3.63, 3.8) is 0 Å². The summed E-state index contributed by atoms with van der Waals surface area (Å²) in [6.07, 6.45) is 5.06. The highest BCUT2D eigenvalue weighted by Crippen LogP contribution is 2.34. The molecule has 16 heavy (non-hydrogen) atoms. The highest BCUT2D eigenvalue weighted by molar-refractivity contribution is 7.80. The molecule has 0 aromatic heterocycles. The van der Waals surface area contributed by atoms with E-state index < -0.39 is 0 Å². The zero-order valence-corrected chi connectivity index (χ0v) is 11.5. The van der Waals surface area contributed by atoms with Gasteiger partial charge in [0.1, 0.15) is 0 Å². The molecule has 4 heteroatoms. The van der Waals surface area contributed by atoms with Gasteiger partial charge in [-0.25, -0.2) is 0 Å². The number of hydrogen-bond acceptors (Lipinski definition) is 2. The fraction of sp³-hybridized carbons (Fsp3) is 0.917. The van der Waals surface area contributed by atoms with Crippen LogP contribution in [0, 0.1) is 5.41 Å². The van der Waals surface area contributed by atoms with Gasteiger partial charge in [0.25, 0.3) is 0 Å². The van der Waals surface area contributed by atoms with E-state index in [1.165, 1.54) is 25.7 Å². The third-order valence-corrected chi connectivity index (χ3v) is 3.39. The molecule has 1 aliphatic rings. The van der Waals surface area contributed by atoms with E-state index in [2.05, 4.69) is 24.5 Å². The fourth-order valence-electron chi connectivity index (χ4n) is 2.32. The van der Waals surface area contributed by atoms with Crippen molar-refractivity contribution in [2.45, 2.75) is 45.6 Å². The Kier molecular flexibility index (Phi) is 5.49. The molecule has 1 aliphatic carbocycles. The quantitative estimate of drug-likeness (QED) is 0.586. The van der Waals surface area contributed by atoms with Gasteiger partial charge in [0.2, 0.25) is 0 Å². The van der Waals surface area contributed by atoms with Crippen molar-refractivity contribution < 1.29 is 4.74 Å². The van der Waals surface area contributed by atoms with Gasteiger partial charge in [-0.1, -0.05) is 20.3 Å². The van der Waals surface area contributed by atoms with Gasteiger partial charge in [-0.15, -0.1) is 0 Å². The zero-order valence-electron chi connectivity index (χ0n) is 10.6. The van der Waals surface area contributed by atoms with E-state index in [9.17, 15) is 0 Å². The number of methoxy groups -OCH3 is 1. The number of thiocarbonyl (C=S) groups is 1. The van der Waals surface area contributed by atoms with Crippen molar-refractivity contribution in [2.24, 2.45) is 5.41 Å². The Morgan fingerprint density at radius 2 is 2.25 bits per heavy atom. The first-order valence-electron chi connectivity index (χ1n) is 6.07. The molecule has 1 unspecified atom stereocenters. The molecule has 1 atom stereocenters. The normalized spacial score (nSPS) is 23.8. The summed E-state index contributed by atoms with van der Waals surface area (Å²) in [7, 11) is 1.70. The first kappa shape index (κ1) is 13.7. The maximum atomic E-state index is 5.25. The maximum absolute atomic E-state index is 5.25. The van der Waals surface area contributed by atoms with Gasteiger partial charge in [-0.2, -0.15) is 0 Å². The summed E-state index contributed by atoms with van der Waals surface area (Å²) in [5, 5.41) is 7.32. The van der Waals surface area contributed by atoms with Gasteiger partial charge in [0, 0.05) is 19.7 Å². The lowest BCUT2D eigenvalue weighted by Crippen LogP contribution is -2.45. The Bertz CT molecular complexity index is 231. The molecule has 0 aliphatic heterocycles. The van der Waals surface area contributed by atoms with Gasteiger partial charge >= 0.3 is 0 Å². The molecule has 1 saturated carbocycles. The Balaban J connectivity index is 2.23. The molecule has 3 nitrogen and oxygen atoms in total. The minimum Gasteiger partial charge on any atom is -0.383 e. The van der Waals surface area contributed by atoms with E-state index in [-0.39, 0.29) is 0 Å². The van der Waals surface area contributed by atoms with Crippen LogP contribution in [0.4, 0.5) is 0 Å². The first-order chi connectivity index (χ1) is 7.53. The molecular formula is C12H24N2OS. The molecule has 1 rings (SSSR count). The molecule has 0 amide bonds. The van der Waals surface area contributed by atoms with Gasteiger partial charge in [0.05, 0.1) is 6.61 Å². The van der Waals surface area contributed by atoms with Gasteiger partial charge in [-0.05, 0) is 36.9 Å². The van der Waals surface area contributed by atoms with Crippen LogP contribution in [0.15, 0.2) is 0 Å². The smallest absolute Gasteiger partial charge is 0.166 e. The summed E-state index contributed by atoms with van der Waals surface area (Å²) in [5.41, 5.74) is 0.456. The standard InChI is InChI=1S/C12H24N2OS/c1-12(2)6-4-5-10(9-12)14-11(16)13-7-8-15-3/h10H,4-9H2,1-3H3,(H2,13,14,16). The van der Waals surface area contributed by atoms with E-state index in [1.54, 1.807) is 7.11 Å². The van der Waals surface area contributed by atoms with Crippen LogP contribution in [0.3, 0.4) is 0 Å². The van der Waals surface area contributed by atoms with Crippen LogP contribution in [0.1, 0.15) is 39.5 Å². The summed E-state index contributed by atoms with van der Waals surface area (Å²) in [4.78, 5) is 0. The lowest BCUT2D eigenvalue weighted by molar-refractivity contribution is 0.201. The lowest BCUT2D eigenvalue weighted by Gasteiger charge is -2.36. The van der Waals surface area contributed by atoms with Crippen LogP contribution in [-0.2, 0) is 4.74 Å². The van der Waals surface area contributed by atoms with Crippen LogP contribution in [0.5, 0.6) is 0 Å². The van der Waals surface area contributed by atoms with Crippen LogP contribution in [0.25, 0.3) is 0 Å². The first-order valence-corrected chi connectivity index (χ1v) is 6.48. The molecule has 0 heterocycles. The zero-order chi connectivity index (χ0) is 12.0. The molecular weight excluding hydrogens is 220 g/mol. The number of nitrogens with one attached hydrogen (secondary N) is 2. The van der Waals surface area contributed by atoms with Crippen molar-refractivity contribution in [2.75, 3.05) is 20.3 Å². The minimum absolute atomic E-state index is 0.456. The third kappa shape index (κ3) is 5.12. The highest BCUT2D eigenvalue weighted by atomic mass is 32.1. The SMILES string of the molecule is COCCNC(=S)NC1CCCC(C)(C)C1. The second-order valence-electron chi connectivity index (χ2n) is 5.35. The fourth-order valence-corrected chi connectivity index (χ4v) is 2.59. The van der Waals surface area contributed by atoms with Crippen LogP contribution >= 0.6 is 12.2 Å². The Morgan fingerprint density at radius 1 is 1.50 bits per heavy atom. The number of hydrogen-bond donors (Lipinski definition) is 2. The second-order valence-corrected chi connectivity index (χ2v) is 5.76. The predicted octanol–water partition coefficient (Wildman–Crippen LogP) is 2.07. The summed E-state index contributed by atoms with van der Waals surface area (Å²) < 4.78 is 4.97. The topological polar surface area (TPSA) is 33.3 Å². The van der Waals surface area contributed by atoms with Gasteiger partial charge < -0.3 is 15.4 Å². The van der Waals surface area contributed by atoms with Crippen molar-refractivity contribution in [3.05, 3.63) is 0 Å². The van der Waals surface area contributed by atoms with Crippen molar-refractivity contribution in [1.82, 2.24) is 10.6 Å². The molecule has 0 spiro atoms. The van der Waals surface area contributed by atoms with Gasteiger partial charge in [0.15, 0.2) is 5.11 Å². The molecule has 0 saturated heterocycles. The molecule has 0 bridgehead atoms. The summed E-state index contributed by atoms with van der Waals surface area (Å²) >= 11 is 5.25. The third-order valence-electron chi connectivity index (χ3n) is 3.13. The van der Waals surface area contributed by atoms with Gasteiger partial charge in [-0.3, -0.25) is 0 Å². The van der Waals surface area contributed by atoms with E-state index >= 15 is 0 Å². The Morgan fingerprint density at radius 3 is 2.88 bits per heavy atom. The van der Waals surface area contributed by atoms with Crippen LogP contribution < -0.4 is 10.6 Å². The number of ether oxygens (including phenoxy) is 1. The lowest BCUT2D eigenvalue weighted by atomic mass is 9.75. The maximum Gasteiger partial charge on any atom is 0.166 e. The van der Waals surface area contributed by atoms with Crippen molar-refractivity contribution in [3.8, 4) is 0 Å². The predicted molar refractivity (Wildman–Crippen MR) is 71.6 cm³/mol. The van der Waals surface area contributed by atoms with Crippen molar-refractivity contribution in [1.29, 1.82) is 0 Å². The molecule has 0 aromatic carbocycles. The summed E-state index contributed by atoms with van der Waals surface area (Å²) in [6.45, 7) is 6.14. The average molecular weight is 244 g/mol. The molecule has 94 valence electrons.